The summed E-state index contributed by atoms with van der Waals surface area (Å²) in [6.07, 6.45) is 4.22. The fourth-order valence-corrected chi connectivity index (χ4v) is 2.97. The number of nitrogens with zero attached hydrogens (tertiary/aromatic N) is 1. The second kappa shape index (κ2) is 5.89. The van der Waals surface area contributed by atoms with Crippen molar-refractivity contribution in [1.29, 1.82) is 0 Å². The van der Waals surface area contributed by atoms with Crippen LogP contribution >= 0.6 is 15.9 Å². The van der Waals surface area contributed by atoms with Crippen molar-refractivity contribution in [2.75, 3.05) is 13.2 Å². The molecule has 18 heavy (non-hydrogen) atoms. The first kappa shape index (κ1) is 13.6. The van der Waals surface area contributed by atoms with E-state index in [2.05, 4.69) is 28.2 Å². The van der Waals surface area contributed by atoms with Crippen LogP contribution in [0, 0.1) is 5.92 Å². The Morgan fingerprint density at radius 1 is 1.67 bits per heavy atom. The van der Waals surface area contributed by atoms with Gasteiger partial charge in [0.05, 0.1) is 6.10 Å². The SMILES string of the molecule is CCC1OCCC1CNC(=O)c1cc(Br)cn1C. The predicted molar refractivity (Wildman–Crippen MR) is 73.6 cm³/mol. The van der Waals surface area contributed by atoms with Gasteiger partial charge in [-0.1, -0.05) is 6.92 Å². The molecule has 0 aromatic carbocycles. The molecular formula is C13H19BrN2O2. The average molecular weight is 315 g/mol. The summed E-state index contributed by atoms with van der Waals surface area (Å²) in [5, 5.41) is 3.00. The largest absolute Gasteiger partial charge is 0.378 e. The van der Waals surface area contributed by atoms with Crippen LogP contribution in [0.1, 0.15) is 30.3 Å². The highest BCUT2D eigenvalue weighted by atomic mass is 79.9. The van der Waals surface area contributed by atoms with Crippen molar-refractivity contribution in [3.8, 4) is 0 Å². The lowest BCUT2D eigenvalue weighted by molar-refractivity contribution is 0.0824. The maximum Gasteiger partial charge on any atom is 0.267 e. The molecule has 1 amide bonds. The van der Waals surface area contributed by atoms with Crippen LogP contribution in [0.25, 0.3) is 0 Å². The van der Waals surface area contributed by atoms with Gasteiger partial charge in [0.1, 0.15) is 5.69 Å². The molecule has 2 atom stereocenters. The minimum absolute atomic E-state index is 0.0232. The Morgan fingerprint density at radius 2 is 2.44 bits per heavy atom. The van der Waals surface area contributed by atoms with E-state index in [1.54, 1.807) is 0 Å². The second-order valence-corrected chi connectivity index (χ2v) is 5.65. The Kier molecular flexibility index (Phi) is 4.45. The van der Waals surface area contributed by atoms with E-state index in [1.807, 2.05) is 23.9 Å². The first-order valence-corrected chi connectivity index (χ1v) is 7.12. The Labute approximate surface area is 116 Å². The molecule has 0 saturated carbocycles. The lowest BCUT2D eigenvalue weighted by Crippen LogP contribution is -2.33. The van der Waals surface area contributed by atoms with Gasteiger partial charge in [-0.3, -0.25) is 4.79 Å². The molecule has 100 valence electrons. The molecular weight excluding hydrogens is 296 g/mol. The summed E-state index contributed by atoms with van der Waals surface area (Å²) in [4.78, 5) is 12.0. The van der Waals surface area contributed by atoms with Crippen LogP contribution in [0.2, 0.25) is 0 Å². The van der Waals surface area contributed by atoms with Crippen molar-refractivity contribution >= 4 is 21.8 Å². The number of rotatable bonds is 4. The van der Waals surface area contributed by atoms with Crippen LogP contribution in [0.15, 0.2) is 16.7 Å². The summed E-state index contributed by atoms with van der Waals surface area (Å²) < 4.78 is 8.36. The molecule has 2 rings (SSSR count). The van der Waals surface area contributed by atoms with Gasteiger partial charge in [0.15, 0.2) is 0 Å². The quantitative estimate of drug-likeness (QED) is 0.927. The number of amides is 1. The number of carbonyl (C=O) groups is 1. The Morgan fingerprint density at radius 3 is 3.06 bits per heavy atom. The number of ether oxygens (including phenoxy) is 1. The summed E-state index contributed by atoms with van der Waals surface area (Å²) in [6.45, 7) is 3.63. The highest BCUT2D eigenvalue weighted by Gasteiger charge is 2.27. The van der Waals surface area contributed by atoms with Gasteiger partial charge in [-0.15, -0.1) is 0 Å². The molecule has 0 radical (unpaired) electrons. The third-order valence-electron chi connectivity index (χ3n) is 3.48. The molecule has 1 aliphatic heterocycles. The molecule has 1 saturated heterocycles. The van der Waals surface area contributed by atoms with Crippen LogP contribution in [0.5, 0.6) is 0 Å². The van der Waals surface area contributed by atoms with Crippen LogP contribution in [0.3, 0.4) is 0 Å². The van der Waals surface area contributed by atoms with Crippen molar-refractivity contribution in [3.63, 3.8) is 0 Å². The molecule has 1 aliphatic rings. The Balaban J connectivity index is 1.90. The fraction of sp³-hybridized carbons (Fsp3) is 0.615. The first-order valence-electron chi connectivity index (χ1n) is 6.33. The smallest absolute Gasteiger partial charge is 0.267 e. The van der Waals surface area contributed by atoms with E-state index < -0.39 is 0 Å². The Bertz CT molecular complexity index is 431. The lowest BCUT2D eigenvalue weighted by atomic mass is 10.00. The van der Waals surface area contributed by atoms with E-state index in [4.69, 9.17) is 4.74 Å². The molecule has 0 aliphatic carbocycles. The van der Waals surface area contributed by atoms with Crippen molar-refractivity contribution < 1.29 is 9.53 Å². The number of carbonyl (C=O) groups excluding carboxylic acids is 1. The van der Waals surface area contributed by atoms with Gasteiger partial charge in [-0.25, -0.2) is 0 Å². The molecule has 5 heteroatoms. The topological polar surface area (TPSA) is 43.3 Å². The summed E-state index contributed by atoms with van der Waals surface area (Å²) in [5.74, 6) is 0.424. The second-order valence-electron chi connectivity index (χ2n) is 4.73. The molecule has 4 nitrogen and oxygen atoms in total. The number of aromatic nitrogens is 1. The fourth-order valence-electron chi connectivity index (χ4n) is 2.44. The molecule has 1 aromatic heterocycles. The number of nitrogens with one attached hydrogen (secondary N) is 1. The number of hydrogen-bond acceptors (Lipinski definition) is 2. The van der Waals surface area contributed by atoms with Crippen molar-refractivity contribution in [1.82, 2.24) is 9.88 Å². The number of hydrogen-bond donors (Lipinski definition) is 1. The average Bonchev–Trinajstić information content (AvgIpc) is 2.92. The summed E-state index contributed by atoms with van der Waals surface area (Å²) >= 11 is 3.37. The molecule has 0 spiro atoms. The van der Waals surface area contributed by atoms with Gasteiger partial charge in [0, 0.05) is 36.8 Å². The van der Waals surface area contributed by atoms with Gasteiger partial charge >= 0.3 is 0 Å². The number of aryl methyl sites for hydroxylation is 1. The molecule has 1 N–H and O–H groups in total. The Hall–Kier alpha value is -0.810. The van der Waals surface area contributed by atoms with E-state index in [1.165, 1.54) is 0 Å². The van der Waals surface area contributed by atoms with E-state index in [-0.39, 0.29) is 5.91 Å². The van der Waals surface area contributed by atoms with E-state index >= 15 is 0 Å². The van der Waals surface area contributed by atoms with Gasteiger partial charge in [0.25, 0.3) is 5.91 Å². The maximum atomic E-state index is 12.0. The van der Waals surface area contributed by atoms with E-state index in [9.17, 15) is 4.79 Å². The van der Waals surface area contributed by atoms with Gasteiger partial charge in [-0.05, 0) is 34.8 Å². The molecule has 1 fully saturated rings. The summed E-state index contributed by atoms with van der Waals surface area (Å²) in [6, 6.07) is 1.83. The molecule has 1 aromatic rings. The highest BCUT2D eigenvalue weighted by molar-refractivity contribution is 9.10. The van der Waals surface area contributed by atoms with Crippen LogP contribution in [-0.2, 0) is 11.8 Å². The molecule has 2 heterocycles. The number of halogens is 1. The summed E-state index contributed by atoms with van der Waals surface area (Å²) in [5.41, 5.74) is 0.675. The zero-order chi connectivity index (χ0) is 13.1. The highest BCUT2D eigenvalue weighted by Crippen LogP contribution is 2.22. The molecule has 0 bridgehead atoms. The monoisotopic (exact) mass is 314 g/mol. The van der Waals surface area contributed by atoms with E-state index in [0.29, 0.717) is 24.3 Å². The first-order chi connectivity index (χ1) is 8.61. The zero-order valence-corrected chi connectivity index (χ0v) is 12.4. The van der Waals surface area contributed by atoms with Crippen molar-refractivity contribution in [2.24, 2.45) is 13.0 Å². The summed E-state index contributed by atoms with van der Waals surface area (Å²) in [7, 11) is 1.87. The predicted octanol–water partition coefficient (Wildman–Crippen LogP) is 2.33. The zero-order valence-electron chi connectivity index (χ0n) is 10.8. The molecule has 2 unspecified atom stereocenters. The van der Waals surface area contributed by atoms with Crippen molar-refractivity contribution in [3.05, 3.63) is 22.4 Å². The minimum Gasteiger partial charge on any atom is -0.378 e. The lowest BCUT2D eigenvalue weighted by Gasteiger charge is -2.17. The van der Waals surface area contributed by atoms with Crippen molar-refractivity contribution in [2.45, 2.75) is 25.9 Å². The van der Waals surface area contributed by atoms with Gasteiger partial charge in [0.2, 0.25) is 0 Å². The maximum absolute atomic E-state index is 12.0. The van der Waals surface area contributed by atoms with Crippen LogP contribution in [-0.4, -0.2) is 29.7 Å². The van der Waals surface area contributed by atoms with Gasteiger partial charge < -0.3 is 14.6 Å². The normalized spacial score (nSPS) is 23.3. The van der Waals surface area contributed by atoms with E-state index in [0.717, 1.165) is 23.9 Å². The van der Waals surface area contributed by atoms with Crippen LogP contribution in [0.4, 0.5) is 0 Å². The standard InChI is InChI=1S/C13H19BrN2O2/c1-3-12-9(4-5-18-12)7-15-13(17)11-6-10(14)8-16(11)2/h6,8-9,12H,3-5,7H2,1-2H3,(H,15,17). The van der Waals surface area contributed by atoms with Crippen LogP contribution < -0.4 is 5.32 Å². The third-order valence-corrected chi connectivity index (χ3v) is 3.91. The third kappa shape index (κ3) is 2.95. The minimum atomic E-state index is -0.0232. The van der Waals surface area contributed by atoms with Gasteiger partial charge in [-0.2, -0.15) is 0 Å².